The summed E-state index contributed by atoms with van der Waals surface area (Å²) in [5.41, 5.74) is 0. The summed E-state index contributed by atoms with van der Waals surface area (Å²) < 4.78 is 0. The number of carbonyl (C=O) groups is 1. The Hall–Kier alpha value is 0.210. The van der Waals surface area contributed by atoms with E-state index in [1.807, 2.05) is 0 Å². The highest BCUT2D eigenvalue weighted by Crippen LogP contribution is 1.93. The lowest BCUT2D eigenvalue weighted by atomic mass is 10.4. The zero-order valence-electron chi connectivity index (χ0n) is 6.97. The van der Waals surface area contributed by atoms with Crippen LogP contribution in [0.15, 0.2) is 0 Å². The molecule has 0 aliphatic heterocycles. The van der Waals surface area contributed by atoms with Crippen molar-refractivity contribution in [1.29, 1.82) is 0 Å². The summed E-state index contributed by atoms with van der Waals surface area (Å²) in [6.45, 7) is 6.90. The second-order valence-corrected chi connectivity index (χ2v) is 2.55. The van der Waals surface area contributed by atoms with Gasteiger partial charge in [0.05, 0.1) is 0 Å². The average Bonchev–Trinajstić information content (AvgIpc) is 1.90. The van der Waals surface area contributed by atoms with Crippen molar-refractivity contribution >= 4 is 29.3 Å². The highest BCUT2D eigenvalue weighted by atomic mass is 35.5. The van der Waals surface area contributed by atoms with Crippen molar-refractivity contribution in [3.63, 3.8) is 0 Å². The molecule has 0 amide bonds. The Morgan fingerprint density at radius 2 is 1.82 bits per heavy atom. The van der Waals surface area contributed by atoms with Crippen molar-refractivity contribution in [2.45, 2.75) is 20.3 Å². The van der Waals surface area contributed by atoms with Crippen LogP contribution in [0.4, 0.5) is 0 Å². The Morgan fingerprint density at radius 3 is 2.09 bits per heavy atom. The molecule has 0 rings (SSSR count). The zero-order chi connectivity index (χ0) is 7.98. The predicted octanol–water partition coefficient (Wildman–Crippen LogP) is 1.91. The summed E-state index contributed by atoms with van der Waals surface area (Å²) >= 11 is 5.17. The minimum absolute atomic E-state index is 0. The molecule has 0 N–H and O–H groups in total. The highest BCUT2D eigenvalue weighted by Gasteiger charge is 2.00. The molecule has 4 heteroatoms. The van der Waals surface area contributed by atoms with Gasteiger partial charge in [-0.3, -0.25) is 4.79 Å². The van der Waals surface area contributed by atoms with Gasteiger partial charge in [0.15, 0.2) is 0 Å². The Labute approximate surface area is 79.3 Å². The van der Waals surface area contributed by atoms with Gasteiger partial charge in [-0.1, -0.05) is 13.8 Å². The maximum Gasteiger partial charge on any atom is 0.222 e. The van der Waals surface area contributed by atoms with Gasteiger partial charge >= 0.3 is 0 Å². The van der Waals surface area contributed by atoms with Crippen molar-refractivity contribution in [2.75, 3.05) is 19.6 Å². The first-order valence-electron chi connectivity index (χ1n) is 3.61. The number of carbonyl (C=O) groups excluding carboxylic acids is 1. The third kappa shape index (κ3) is 8.11. The van der Waals surface area contributed by atoms with Crippen LogP contribution in [-0.4, -0.2) is 29.8 Å². The molecule has 0 radical (unpaired) electrons. The molecule has 0 aromatic heterocycles. The maximum absolute atomic E-state index is 10.3. The quantitative estimate of drug-likeness (QED) is 0.631. The van der Waals surface area contributed by atoms with Gasteiger partial charge in [0.25, 0.3) is 0 Å². The van der Waals surface area contributed by atoms with Gasteiger partial charge in [-0.25, -0.2) is 0 Å². The van der Waals surface area contributed by atoms with Crippen LogP contribution in [-0.2, 0) is 4.79 Å². The molecule has 0 heterocycles. The molecule has 0 fully saturated rings. The fourth-order valence-corrected chi connectivity index (χ4v) is 0.870. The smallest absolute Gasteiger partial charge is 0.222 e. The van der Waals surface area contributed by atoms with Crippen molar-refractivity contribution < 1.29 is 4.79 Å². The van der Waals surface area contributed by atoms with Gasteiger partial charge in [0.2, 0.25) is 5.24 Å². The summed E-state index contributed by atoms with van der Waals surface area (Å²) in [6.07, 6.45) is 0.462. The van der Waals surface area contributed by atoms with Gasteiger partial charge in [-0.15, -0.1) is 12.4 Å². The maximum atomic E-state index is 10.3. The molecule has 0 saturated heterocycles. The van der Waals surface area contributed by atoms with Crippen LogP contribution < -0.4 is 0 Å². The molecular formula is C7H15Cl2NO. The van der Waals surface area contributed by atoms with E-state index in [9.17, 15) is 4.79 Å². The zero-order valence-corrected chi connectivity index (χ0v) is 8.54. The lowest BCUT2D eigenvalue weighted by molar-refractivity contribution is -0.111. The molecule has 0 aromatic rings. The fourth-order valence-electron chi connectivity index (χ4n) is 0.786. The first-order chi connectivity index (χ1) is 4.70. The Morgan fingerprint density at radius 1 is 1.36 bits per heavy atom. The average molecular weight is 200 g/mol. The first kappa shape index (κ1) is 13.8. The SMILES string of the molecule is CCN(CC)CCC(=O)Cl.Cl. The van der Waals surface area contributed by atoms with Gasteiger partial charge in [0, 0.05) is 13.0 Å². The van der Waals surface area contributed by atoms with Crippen molar-refractivity contribution in [1.82, 2.24) is 4.90 Å². The molecule has 0 spiro atoms. The largest absolute Gasteiger partial charge is 0.303 e. The molecule has 0 aliphatic rings. The van der Waals surface area contributed by atoms with Gasteiger partial charge in [0.1, 0.15) is 0 Å². The second-order valence-electron chi connectivity index (χ2n) is 2.13. The normalized spacial score (nSPS) is 9.45. The summed E-state index contributed by atoms with van der Waals surface area (Å²) in [7, 11) is 0. The van der Waals surface area contributed by atoms with Crippen LogP contribution in [0.2, 0.25) is 0 Å². The fraction of sp³-hybridized carbons (Fsp3) is 0.857. The van der Waals surface area contributed by atoms with E-state index in [1.165, 1.54) is 0 Å². The Bertz CT molecular complexity index is 105. The van der Waals surface area contributed by atoms with E-state index in [4.69, 9.17) is 11.6 Å². The molecule has 0 atom stereocenters. The van der Waals surface area contributed by atoms with E-state index in [2.05, 4.69) is 18.7 Å². The van der Waals surface area contributed by atoms with Crippen LogP contribution in [0.1, 0.15) is 20.3 Å². The molecule has 0 saturated carbocycles. The van der Waals surface area contributed by atoms with E-state index in [-0.39, 0.29) is 17.6 Å². The monoisotopic (exact) mass is 199 g/mol. The van der Waals surface area contributed by atoms with E-state index < -0.39 is 0 Å². The standard InChI is InChI=1S/C7H14ClNO.ClH/c1-3-9(4-2)6-5-7(8)10;/h3-6H2,1-2H3;1H. The van der Waals surface area contributed by atoms with E-state index >= 15 is 0 Å². The van der Waals surface area contributed by atoms with Crippen molar-refractivity contribution in [3.8, 4) is 0 Å². The topological polar surface area (TPSA) is 20.3 Å². The molecule has 0 aromatic carbocycles. The lowest BCUT2D eigenvalue weighted by Gasteiger charge is -2.15. The van der Waals surface area contributed by atoms with Crippen molar-refractivity contribution in [2.24, 2.45) is 0 Å². The summed E-state index contributed by atoms with van der Waals surface area (Å²) in [5, 5.41) is -0.244. The number of hydrogen-bond acceptors (Lipinski definition) is 2. The summed E-state index contributed by atoms with van der Waals surface area (Å²) in [4.78, 5) is 12.5. The number of nitrogens with zero attached hydrogens (tertiary/aromatic N) is 1. The molecule has 68 valence electrons. The Kier molecular flexibility index (Phi) is 10.4. The minimum atomic E-state index is -0.244. The second kappa shape index (κ2) is 8.31. The summed E-state index contributed by atoms with van der Waals surface area (Å²) in [6, 6.07) is 0. The lowest BCUT2D eigenvalue weighted by Crippen LogP contribution is -2.24. The van der Waals surface area contributed by atoms with Gasteiger partial charge in [-0.05, 0) is 24.7 Å². The van der Waals surface area contributed by atoms with Crippen LogP contribution in [0.3, 0.4) is 0 Å². The first-order valence-corrected chi connectivity index (χ1v) is 3.99. The highest BCUT2D eigenvalue weighted by molar-refractivity contribution is 6.63. The molecule has 0 unspecified atom stereocenters. The summed E-state index contributed by atoms with van der Waals surface area (Å²) in [5.74, 6) is 0. The van der Waals surface area contributed by atoms with Gasteiger partial charge < -0.3 is 4.90 Å². The molecular weight excluding hydrogens is 185 g/mol. The number of rotatable bonds is 5. The molecule has 0 bridgehead atoms. The number of hydrogen-bond donors (Lipinski definition) is 0. The van der Waals surface area contributed by atoms with E-state index in [0.717, 1.165) is 19.6 Å². The van der Waals surface area contributed by atoms with Crippen LogP contribution in [0, 0.1) is 0 Å². The predicted molar refractivity (Wildman–Crippen MR) is 50.5 cm³/mol. The van der Waals surface area contributed by atoms with Crippen LogP contribution in [0.5, 0.6) is 0 Å². The van der Waals surface area contributed by atoms with E-state index in [1.54, 1.807) is 0 Å². The minimum Gasteiger partial charge on any atom is -0.303 e. The molecule has 2 nitrogen and oxygen atoms in total. The van der Waals surface area contributed by atoms with E-state index in [0.29, 0.717) is 6.42 Å². The molecule has 0 aliphatic carbocycles. The van der Waals surface area contributed by atoms with Crippen LogP contribution in [0.25, 0.3) is 0 Å². The third-order valence-electron chi connectivity index (χ3n) is 1.52. The van der Waals surface area contributed by atoms with Gasteiger partial charge in [-0.2, -0.15) is 0 Å². The van der Waals surface area contributed by atoms with Crippen LogP contribution >= 0.6 is 24.0 Å². The number of halogens is 2. The third-order valence-corrected chi connectivity index (χ3v) is 1.71. The Balaban J connectivity index is 0. The molecule has 11 heavy (non-hydrogen) atoms. The van der Waals surface area contributed by atoms with Crippen molar-refractivity contribution in [3.05, 3.63) is 0 Å².